The summed E-state index contributed by atoms with van der Waals surface area (Å²) in [7, 11) is 0. The topological polar surface area (TPSA) is 62.5 Å². The highest BCUT2D eigenvalue weighted by Crippen LogP contribution is 2.32. The molecular weight excluding hydrogens is 276 g/mol. The zero-order valence-electron chi connectivity index (χ0n) is 9.99. The summed E-state index contributed by atoms with van der Waals surface area (Å²) in [4.78, 5) is 13.0. The Hall–Kier alpha value is -1.97. The van der Waals surface area contributed by atoms with Gasteiger partial charge in [0.1, 0.15) is 11.8 Å². The van der Waals surface area contributed by atoms with Crippen molar-refractivity contribution in [3.05, 3.63) is 41.7 Å². The molecule has 0 unspecified atom stereocenters. The zero-order chi connectivity index (χ0) is 13.2. The fourth-order valence-corrected chi connectivity index (χ4v) is 3.61. The number of nitriles is 1. The molecule has 0 amide bonds. The van der Waals surface area contributed by atoms with Gasteiger partial charge in [-0.25, -0.2) is 15.0 Å². The van der Waals surface area contributed by atoms with Gasteiger partial charge in [0.15, 0.2) is 9.50 Å². The van der Waals surface area contributed by atoms with Crippen LogP contribution in [0.15, 0.2) is 39.8 Å². The van der Waals surface area contributed by atoms with Crippen molar-refractivity contribution in [3.63, 3.8) is 0 Å². The van der Waals surface area contributed by atoms with E-state index in [0.29, 0.717) is 10.9 Å². The normalized spacial score (nSPS) is 10.5. The first kappa shape index (κ1) is 12.1. The molecule has 3 rings (SSSR count). The molecular formula is C13H8N4S2. The molecule has 2 heterocycles. The second kappa shape index (κ2) is 4.96. The van der Waals surface area contributed by atoms with Gasteiger partial charge in [-0.3, -0.25) is 0 Å². The average Bonchev–Trinajstić information content (AvgIpc) is 2.80. The van der Waals surface area contributed by atoms with Crippen LogP contribution in [0.3, 0.4) is 0 Å². The largest absolute Gasteiger partial charge is 0.229 e. The first-order valence-corrected chi connectivity index (χ1v) is 7.17. The SMILES string of the molecule is Cc1cc(C#N)nc(Sc2nc3ccccc3s2)n1. The molecule has 0 spiro atoms. The Balaban J connectivity index is 1.96. The summed E-state index contributed by atoms with van der Waals surface area (Å²) in [6.07, 6.45) is 0. The number of benzene rings is 1. The monoisotopic (exact) mass is 284 g/mol. The molecule has 4 nitrogen and oxygen atoms in total. The molecule has 0 aliphatic carbocycles. The third kappa shape index (κ3) is 2.57. The number of fused-ring (bicyclic) bond motifs is 1. The maximum absolute atomic E-state index is 8.90. The van der Waals surface area contributed by atoms with Crippen LogP contribution in [-0.2, 0) is 0 Å². The van der Waals surface area contributed by atoms with Crippen molar-refractivity contribution in [1.29, 1.82) is 5.26 Å². The van der Waals surface area contributed by atoms with Crippen LogP contribution in [0.2, 0.25) is 0 Å². The number of nitrogens with zero attached hydrogens (tertiary/aromatic N) is 4. The first-order chi connectivity index (χ1) is 9.24. The smallest absolute Gasteiger partial charge is 0.196 e. The number of rotatable bonds is 2. The lowest BCUT2D eigenvalue weighted by Crippen LogP contribution is -1.92. The van der Waals surface area contributed by atoms with E-state index in [2.05, 4.69) is 15.0 Å². The highest BCUT2D eigenvalue weighted by Gasteiger charge is 2.08. The summed E-state index contributed by atoms with van der Waals surface area (Å²) in [5.74, 6) is 0. The average molecular weight is 284 g/mol. The predicted molar refractivity (Wildman–Crippen MR) is 75.2 cm³/mol. The van der Waals surface area contributed by atoms with Crippen molar-refractivity contribution in [1.82, 2.24) is 15.0 Å². The van der Waals surface area contributed by atoms with Gasteiger partial charge in [0, 0.05) is 5.69 Å². The van der Waals surface area contributed by atoms with Gasteiger partial charge in [-0.2, -0.15) is 5.26 Å². The second-order valence-corrected chi connectivity index (χ2v) is 6.08. The Morgan fingerprint density at radius 1 is 1.21 bits per heavy atom. The Morgan fingerprint density at radius 3 is 2.84 bits per heavy atom. The number of thiazole rings is 1. The molecule has 0 fully saturated rings. The van der Waals surface area contributed by atoms with E-state index in [1.807, 2.05) is 37.3 Å². The van der Waals surface area contributed by atoms with Crippen molar-refractivity contribution in [2.45, 2.75) is 16.4 Å². The van der Waals surface area contributed by atoms with E-state index in [1.54, 1.807) is 17.4 Å². The van der Waals surface area contributed by atoms with E-state index in [0.717, 1.165) is 20.3 Å². The Morgan fingerprint density at radius 2 is 2.05 bits per heavy atom. The van der Waals surface area contributed by atoms with Gasteiger partial charge in [0.2, 0.25) is 0 Å². The molecule has 0 radical (unpaired) electrons. The summed E-state index contributed by atoms with van der Waals surface area (Å²) < 4.78 is 2.02. The summed E-state index contributed by atoms with van der Waals surface area (Å²) in [5.41, 5.74) is 2.15. The molecule has 3 aromatic rings. The molecule has 0 saturated heterocycles. The molecule has 0 aliphatic heterocycles. The lowest BCUT2D eigenvalue weighted by Gasteiger charge is -1.98. The highest BCUT2D eigenvalue weighted by atomic mass is 32.2. The molecule has 6 heteroatoms. The molecule has 0 atom stereocenters. The third-order valence-corrected chi connectivity index (χ3v) is 4.36. The van der Waals surface area contributed by atoms with E-state index in [9.17, 15) is 0 Å². The summed E-state index contributed by atoms with van der Waals surface area (Å²) in [6.45, 7) is 1.85. The Bertz CT molecular complexity index is 756. The molecule has 0 aliphatic rings. The first-order valence-electron chi connectivity index (χ1n) is 5.54. The maximum atomic E-state index is 8.90. The predicted octanol–water partition coefficient (Wildman–Crippen LogP) is 3.42. The van der Waals surface area contributed by atoms with E-state index in [-0.39, 0.29) is 0 Å². The van der Waals surface area contributed by atoms with Gasteiger partial charge in [-0.1, -0.05) is 12.1 Å². The van der Waals surface area contributed by atoms with E-state index < -0.39 is 0 Å². The molecule has 0 bridgehead atoms. The molecule has 92 valence electrons. The highest BCUT2D eigenvalue weighted by molar-refractivity contribution is 8.01. The molecule has 2 aromatic heterocycles. The molecule has 0 N–H and O–H groups in total. The summed E-state index contributed by atoms with van der Waals surface area (Å²) in [6, 6.07) is 11.7. The minimum atomic E-state index is 0.385. The summed E-state index contributed by atoms with van der Waals surface area (Å²) >= 11 is 2.99. The van der Waals surface area contributed by atoms with Crippen molar-refractivity contribution in [3.8, 4) is 6.07 Å². The van der Waals surface area contributed by atoms with Gasteiger partial charge in [0.25, 0.3) is 0 Å². The zero-order valence-corrected chi connectivity index (χ0v) is 11.6. The fraction of sp³-hybridized carbons (Fsp3) is 0.0769. The van der Waals surface area contributed by atoms with E-state index >= 15 is 0 Å². The van der Waals surface area contributed by atoms with Crippen LogP contribution in [0, 0.1) is 18.3 Å². The maximum Gasteiger partial charge on any atom is 0.196 e. The minimum Gasteiger partial charge on any atom is -0.229 e. The fourth-order valence-electron chi connectivity index (χ4n) is 1.62. The third-order valence-electron chi connectivity index (χ3n) is 2.40. The lowest BCUT2D eigenvalue weighted by atomic mass is 10.3. The summed E-state index contributed by atoms with van der Waals surface area (Å²) in [5, 5.41) is 9.47. The van der Waals surface area contributed by atoms with Crippen LogP contribution >= 0.6 is 23.1 Å². The van der Waals surface area contributed by atoms with Crippen molar-refractivity contribution >= 4 is 33.3 Å². The van der Waals surface area contributed by atoms with Gasteiger partial charge in [0.05, 0.1) is 10.2 Å². The van der Waals surface area contributed by atoms with Crippen LogP contribution in [0.1, 0.15) is 11.4 Å². The van der Waals surface area contributed by atoms with E-state index in [4.69, 9.17) is 5.26 Å². The molecule has 1 aromatic carbocycles. The number of aryl methyl sites for hydroxylation is 1. The minimum absolute atomic E-state index is 0.385. The number of hydrogen-bond acceptors (Lipinski definition) is 6. The van der Waals surface area contributed by atoms with Gasteiger partial charge in [-0.15, -0.1) is 11.3 Å². The standard InChI is InChI=1S/C13H8N4S2/c1-8-6-9(7-14)16-12(15-8)19-13-17-10-4-2-3-5-11(10)18-13/h2-6H,1H3. The van der Waals surface area contributed by atoms with Crippen LogP contribution in [0.5, 0.6) is 0 Å². The molecule has 19 heavy (non-hydrogen) atoms. The lowest BCUT2D eigenvalue weighted by molar-refractivity contribution is 0.919. The van der Waals surface area contributed by atoms with Crippen LogP contribution < -0.4 is 0 Å². The van der Waals surface area contributed by atoms with Crippen molar-refractivity contribution in [2.75, 3.05) is 0 Å². The van der Waals surface area contributed by atoms with Gasteiger partial charge >= 0.3 is 0 Å². The molecule has 0 saturated carbocycles. The number of para-hydroxylation sites is 1. The number of aromatic nitrogens is 3. The second-order valence-electron chi connectivity index (χ2n) is 3.84. The van der Waals surface area contributed by atoms with Crippen molar-refractivity contribution in [2.24, 2.45) is 0 Å². The Labute approximate surface area is 118 Å². The Kier molecular flexibility index (Phi) is 3.15. The van der Waals surface area contributed by atoms with Gasteiger partial charge < -0.3 is 0 Å². The van der Waals surface area contributed by atoms with Crippen LogP contribution in [0.4, 0.5) is 0 Å². The van der Waals surface area contributed by atoms with E-state index in [1.165, 1.54) is 11.8 Å². The quantitative estimate of drug-likeness (QED) is 0.675. The van der Waals surface area contributed by atoms with Crippen LogP contribution in [0.25, 0.3) is 10.2 Å². The van der Waals surface area contributed by atoms with Crippen molar-refractivity contribution < 1.29 is 0 Å². The number of hydrogen-bond donors (Lipinski definition) is 0. The van der Waals surface area contributed by atoms with Gasteiger partial charge in [-0.05, 0) is 36.9 Å². The van der Waals surface area contributed by atoms with Crippen LogP contribution in [-0.4, -0.2) is 15.0 Å².